The maximum absolute atomic E-state index is 12.5. The Morgan fingerprint density at radius 1 is 0.321 bits per heavy atom. The van der Waals surface area contributed by atoms with Crippen LogP contribution in [0.3, 0.4) is 0 Å². The molecule has 0 aromatic carbocycles. The largest absolute Gasteiger partial charge is 0.466 e. The van der Waals surface area contributed by atoms with Gasteiger partial charge < -0.3 is 20.3 Å². The highest BCUT2D eigenvalue weighted by molar-refractivity contribution is 5.76. The van der Waals surface area contributed by atoms with Crippen LogP contribution >= 0.6 is 0 Å². The molecule has 0 spiro atoms. The number of nitrogens with one attached hydrogen (secondary N) is 1. The fourth-order valence-electron chi connectivity index (χ4n) is 12.6. The minimum absolute atomic E-state index is 0.0155. The van der Waals surface area contributed by atoms with E-state index in [0.29, 0.717) is 25.9 Å². The van der Waals surface area contributed by atoms with E-state index in [1.54, 1.807) is 0 Å². The van der Waals surface area contributed by atoms with Crippen LogP contribution < -0.4 is 5.32 Å². The lowest BCUT2D eigenvalue weighted by Crippen LogP contribution is -2.45. The highest BCUT2D eigenvalue weighted by atomic mass is 16.5. The third-order valence-electron chi connectivity index (χ3n) is 18.6. The van der Waals surface area contributed by atoms with Gasteiger partial charge in [0.1, 0.15) is 0 Å². The molecule has 0 aliphatic carbocycles. The van der Waals surface area contributed by atoms with Crippen LogP contribution in [0.1, 0.15) is 450 Å². The average molecular weight is 1190 g/mol. The van der Waals surface area contributed by atoms with Crippen molar-refractivity contribution in [1.29, 1.82) is 0 Å². The second-order valence-corrected chi connectivity index (χ2v) is 27.0. The average Bonchev–Trinajstić information content (AvgIpc) is 3.51. The van der Waals surface area contributed by atoms with Gasteiger partial charge in [-0.2, -0.15) is 0 Å². The van der Waals surface area contributed by atoms with Gasteiger partial charge in [0.05, 0.1) is 25.4 Å². The molecule has 0 aromatic rings. The Hall–Kier alpha value is -1.40. The van der Waals surface area contributed by atoms with Gasteiger partial charge in [0.2, 0.25) is 5.91 Å². The summed E-state index contributed by atoms with van der Waals surface area (Å²) in [5.41, 5.74) is 0. The molecule has 0 bridgehead atoms. The highest BCUT2D eigenvalue weighted by Gasteiger charge is 2.20. The van der Waals surface area contributed by atoms with Gasteiger partial charge in [-0.25, -0.2) is 0 Å². The lowest BCUT2D eigenvalue weighted by molar-refractivity contribution is -0.143. The van der Waals surface area contributed by atoms with Gasteiger partial charge >= 0.3 is 5.97 Å². The molecule has 3 N–H and O–H groups in total. The lowest BCUT2D eigenvalue weighted by Gasteiger charge is -2.22. The zero-order valence-corrected chi connectivity index (χ0v) is 57.4. The molecule has 0 heterocycles. The fraction of sp³-hybridized carbons (Fsp3) is 0.949. The molecule has 0 aliphatic rings. The monoisotopic (exact) mass is 1180 g/mol. The molecule has 500 valence electrons. The highest BCUT2D eigenvalue weighted by Crippen LogP contribution is 2.20. The van der Waals surface area contributed by atoms with Crippen molar-refractivity contribution < 1.29 is 24.5 Å². The van der Waals surface area contributed by atoms with Crippen molar-refractivity contribution in [3.63, 3.8) is 0 Å². The van der Waals surface area contributed by atoms with Gasteiger partial charge in [0, 0.05) is 12.8 Å². The van der Waals surface area contributed by atoms with E-state index in [-0.39, 0.29) is 18.5 Å². The number of hydrogen-bond acceptors (Lipinski definition) is 5. The van der Waals surface area contributed by atoms with E-state index in [4.69, 9.17) is 4.74 Å². The summed E-state index contributed by atoms with van der Waals surface area (Å²) in [7, 11) is 0. The number of carbonyl (C=O) groups is 2. The summed E-state index contributed by atoms with van der Waals surface area (Å²) in [4.78, 5) is 24.6. The molecule has 2 unspecified atom stereocenters. The Morgan fingerprint density at radius 3 is 0.845 bits per heavy atom. The third-order valence-corrected chi connectivity index (χ3v) is 18.6. The summed E-state index contributed by atoms with van der Waals surface area (Å²) in [5, 5.41) is 23.4. The Morgan fingerprint density at radius 2 is 0.560 bits per heavy atom. The fourth-order valence-corrected chi connectivity index (χ4v) is 12.6. The number of aliphatic hydroxyl groups is 2. The molecule has 0 rings (SSSR count). The van der Waals surface area contributed by atoms with Crippen LogP contribution in [-0.4, -0.2) is 47.4 Å². The molecule has 0 aliphatic heterocycles. The molecule has 0 saturated carbocycles. The molecule has 0 aromatic heterocycles. The summed E-state index contributed by atoms with van der Waals surface area (Å²) >= 11 is 0. The first-order valence-corrected chi connectivity index (χ1v) is 38.9. The van der Waals surface area contributed by atoms with Crippen molar-refractivity contribution in [1.82, 2.24) is 5.32 Å². The number of amides is 1. The Kier molecular flexibility index (Phi) is 72.8. The van der Waals surface area contributed by atoms with Crippen molar-refractivity contribution in [3.8, 4) is 0 Å². The summed E-state index contributed by atoms with van der Waals surface area (Å²) in [5.74, 6) is -0.00985. The summed E-state index contributed by atoms with van der Waals surface area (Å²) in [6.07, 6.45) is 93.0. The normalized spacial score (nSPS) is 12.5. The molecule has 6 nitrogen and oxygen atoms in total. The molecular weight excluding hydrogens is 1030 g/mol. The van der Waals surface area contributed by atoms with Gasteiger partial charge in [0.25, 0.3) is 0 Å². The van der Waals surface area contributed by atoms with Crippen molar-refractivity contribution in [2.45, 2.75) is 463 Å². The van der Waals surface area contributed by atoms with Crippen LogP contribution in [0.5, 0.6) is 0 Å². The van der Waals surface area contributed by atoms with Crippen LogP contribution in [-0.2, 0) is 14.3 Å². The standard InChI is InChI=1S/C78H153NO5/c1-3-5-7-9-11-13-15-17-19-21-39-42-46-50-54-58-62-66-70-76(81)75(74-80)79-77(82)71-67-63-59-55-51-47-43-40-37-35-33-31-29-27-25-23-22-24-26-28-30-32-34-36-38-41-45-49-53-57-61-65-69-73-84-78(83)72-68-64-60-56-52-48-44-20-18-16-14-12-10-8-6-4-2/h20,44,75-76,80-81H,3-19,21-43,45-74H2,1-2H3,(H,79,82)/b44-20-. The van der Waals surface area contributed by atoms with E-state index in [2.05, 4.69) is 31.3 Å². The summed E-state index contributed by atoms with van der Waals surface area (Å²) in [6, 6.07) is -0.538. The Bertz CT molecular complexity index is 1270. The number of ether oxygens (including phenoxy) is 1. The van der Waals surface area contributed by atoms with Crippen molar-refractivity contribution in [3.05, 3.63) is 12.2 Å². The van der Waals surface area contributed by atoms with Gasteiger partial charge in [0.15, 0.2) is 0 Å². The topological polar surface area (TPSA) is 95.9 Å². The lowest BCUT2D eigenvalue weighted by atomic mass is 10.0. The van der Waals surface area contributed by atoms with E-state index < -0.39 is 12.1 Å². The minimum atomic E-state index is -0.661. The number of carbonyl (C=O) groups excluding carboxylic acids is 2. The molecule has 2 atom stereocenters. The molecule has 1 amide bonds. The molecule has 0 saturated heterocycles. The predicted octanol–water partition coefficient (Wildman–Crippen LogP) is 25.5. The van der Waals surface area contributed by atoms with Gasteiger partial charge in [-0.1, -0.05) is 398 Å². The zero-order valence-electron chi connectivity index (χ0n) is 57.4. The van der Waals surface area contributed by atoms with Crippen LogP contribution in [0.25, 0.3) is 0 Å². The van der Waals surface area contributed by atoms with Gasteiger partial charge in [-0.3, -0.25) is 9.59 Å². The SMILES string of the molecule is CCCCCCCCC/C=C\CCCCCCCC(=O)OCCCCCCCCCCCCCCCCCCCCCCCCCCCCCCCCCCCC(=O)NC(CO)C(O)CCCCCCCCCCCCCCCCCCCC. The summed E-state index contributed by atoms with van der Waals surface area (Å²) in [6.45, 7) is 5.00. The number of rotatable bonds is 74. The zero-order chi connectivity index (χ0) is 60.6. The third kappa shape index (κ3) is 69.7. The minimum Gasteiger partial charge on any atom is -0.466 e. The smallest absolute Gasteiger partial charge is 0.305 e. The first kappa shape index (κ1) is 82.6. The Balaban J connectivity index is 3.31. The first-order valence-electron chi connectivity index (χ1n) is 38.9. The maximum atomic E-state index is 12.5. The maximum Gasteiger partial charge on any atom is 0.305 e. The predicted molar refractivity (Wildman–Crippen MR) is 370 cm³/mol. The van der Waals surface area contributed by atoms with Crippen molar-refractivity contribution in [2.24, 2.45) is 0 Å². The van der Waals surface area contributed by atoms with Crippen molar-refractivity contribution >= 4 is 11.9 Å². The number of unbranched alkanes of at least 4 members (excludes halogenated alkanes) is 61. The van der Waals surface area contributed by atoms with Crippen LogP contribution in [0, 0.1) is 0 Å². The molecule has 6 heteroatoms. The number of aliphatic hydroxyl groups excluding tert-OH is 2. The molecule has 84 heavy (non-hydrogen) atoms. The van der Waals surface area contributed by atoms with E-state index >= 15 is 0 Å². The molecule has 0 radical (unpaired) electrons. The number of hydrogen-bond donors (Lipinski definition) is 3. The van der Waals surface area contributed by atoms with Gasteiger partial charge in [-0.15, -0.1) is 0 Å². The number of allylic oxidation sites excluding steroid dienone is 2. The second kappa shape index (κ2) is 74.1. The van der Waals surface area contributed by atoms with Crippen LogP contribution in [0.4, 0.5) is 0 Å². The molecule has 0 fully saturated rings. The van der Waals surface area contributed by atoms with Crippen LogP contribution in [0.2, 0.25) is 0 Å². The van der Waals surface area contributed by atoms with E-state index in [0.717, 1.165) is 44.9 Å². The van der Waals surface area contributed by atoms with E-state index in [1.807, 2.05) is 0 Å². The van der Waals surface area contributed by atoms with E-state index in [1.165, 1.54) is 372 Å². The second-order valence-electron chi connectivity index (χ2n) is 27.0. The molecular formula is C78H153NO5. The quantitative estimate of drug-likeness (QED) is 0.0320. The van der Waals surface area contributed by atoms with E-state index in [9.17, 15) is 19.8 Å². The first-order chi connectivity index (χ1) is 41.5. The Labute approximate surface area is 527 Å². The van der Waals surface area contributed by atoms with Crippen LogP contribution in [0.15, 0.2) is 12.2 Å². The van der Waals surface area contributed by atoms with Crippen molar-refractivity contribution in [2.75, 3.05) is 13.2 Å². The van der Waals surface area contributed by atoms with Gasteiger partial charge in [-0.05, 0) is 51.4 Å². The summed E-state index contributed by atoms with van der Waals surface area (Å²) < 4.78 is 5.50. The number of esters is 1.